The highest BCUT2D eigenvalue weighted by Gasteiger charge is 2.07. The van der Waals surface area contributed by atoms with E-state index in [1.807, 2.05) is 0 Å². The summed E-state index contributed by atoms with van der Waals surface area (Å²) in [6, 6.07) is 7.59. The smallest absolute Gasteiger partial charge is 0.257 e. The fourth-order valence-electron chi connectivity index (χ4n) is 1.25. The van der Waals surface area contributed by atoms with Gasteiger partial charge in [0.25, 0.3) is 5.91 Å². The zero-order valence-corrected chi connectivity index (χ0v) is 9.36. The van der Waals surface area contributed by atoms with Crippen LogP contribution in [0.25, 0.3) is 0 Å². The third-order valence-electron chi connectivity index (χ3n) is 1.99. The monoisotopic (exact) mass is 249 g/mol. The second-order valence-electron chi connectivity index (χ2n) is 3.24. The first-order chi connectivity index (χ1) is 8.15. The first-order valence-electron chi connectivity index (χ1n) is 4.78. The molecule has 0 aliphatic heterocycles. The molecule has 0 aliphatic carbocycles. The second kappa shape index (κ2) is 4.80. The molecule has 2 N–H and O–H groups in total. The van der Waals surface area contributed by atoms with Crippen LogP contribution in [0.15, 0.2) is 41.3 Å². The summed E-state index contributed by atoms with van der Waals surface area (Å²) in [7, 11) is 0. The molecule has 2 rings (SSSR count). The number of pyridine rings is 2. The van der Waals surface area contributed by atoms with Crippen LogP contribution in [0.1, 0.15) is 10.4 Å². The van der Waals surface area contributed by atoms with Gasteiger partial charge in [-0.25, -0.2) is 4.98 Å². The molecule has 0 saturated carbocycles. The van der Waals surface area contributed by atoms with E-state index >= 15 is 0 Å². The van der Waals surface area contributed by atoms with Crippen LogP contribution in [0.2, 0.25) is 5.15 Å². The summed E-state index contributed by atoms with van der Waals surface area (Å²) in [4.78, 5) is 29.1. The molecule has 86 valence electrons. The Morgan fingerprint density at radius 1 is 1.35 bits per heavy atom. The lowest BCUT2D eigenvalue weighted by atomic mass is 10.2. The normalized spacial score (nSPS) is 9.94. The van der Waals surface area contributed by atoms with E-state index in [0.29, 0.717) is 5.82 Å². The third-order valence-corrected chi connectivity index (χ3v) is 2.20. The van der Waals surface area contributed by atoms with Gasteiger partial charge in [-0.1, -0.05) is 17.7 Å². The molecule has 1 amide bonds. The lowest BCUT2D eigenvalue weighted by Gasteiger charge is -2.03. The highest BCUT2D eigenvalue weighted by molar-refractivity contribution is 6.29. The van der Waals surface area contributed by atoms with Crippen LogP contribution < -0.4 is 10.9 Å². The molecule has 6 heteroatoms. The number of nitrogens with one attached hydrogen (secondary N) is 2. The van der Waals surface area contributed by atoms with Crippen molar-refractivity contribution in [2.24, 2.45) is 0 Å². The Labute approximate surface area is 101 Å². The summed E-state index contributed by atoms with van der Waals surface area (Å²) in [5.41, 5.74) is -0.0766. The molecule has 0 saturated heterocycles. The maximum atomic E-state index is 11.7. The van der Waals surface area contributed by atoms with E-state index < -0.39 is 5.91 Å². The summed E-state index contributed by atoms with van der Waals surface area (Å²) in [5.74, 6) is -0.0753. The number of carbonyl (C=O) groups is 1. The van der Waals surface area contributed by atoms with Crippen molar-refractivity contribution in [3.05, 3.63) is 57.6 Å². The van der Waals surface area contributed by atoms with Crippen molar-refractivity contribution in [2.75, 3.05) is 5.32 Å². The molecule has 17 heavy (non-hydrogen) atoms. The van der Waals surface area contributed by atoms with Gasteiger partial charge < -0.3 is 10.3 Å². The third kappa shape index (κ3) is 2.92. The van der Waals surface area contributed by atoms with Gasteiger partial charge in [-0.3, -0.25) is 9.59 Å². The number of anilines is 1. The van der Waals surface area contributed by atoms with Gasteiger partial charge in [0.1, 0.15) is 11.0 Å². The zero-order chi connectivity index (χ0) is 12.3. The number of hydrogen-bond acceptors (Lipinski definition) is 3. The van der Waals surface area contributed by atoms with Crippen LogP contribution in [0.4, 0.5) is 5.82 Å². The van der Waals surface area contributed by atoms with Gasteiger partial charge in [0.05, 0.1) is 0 Å². The number of rotatable bonds is 2. The number of aromatic nitrogens is 2. The Balaban J connectivity index is 2.20. The average molecular weight is 250 g/mol. The number of amides is 1. The van der Waals surface area contributed by atoms with Crippen molar-refractivity contribution in [1.29, 1.82) is 0 Å². The molecule has 0 bridgehead atoms. The van der Waals surface area contributed by atoms with Crippen molar-refractivity contribution >= 4 is 23.3 Å². The minimum absolute atomic E-state index is 0.260. The number of hydrogen-bond donors (Lipinski definition) is 2. The first-order valence-corrected chi connectivity index (χ1v) is 5.15. The standard InChI is InChI=1S/C11H8ClN3O2/c12-8-2-1-3-9(14-8)15-11(17)7-4-5-13-10(16)6-7/h1-6H,(H,13,16)(H,14,15,17). The quantitative estimate of drug-likeness (QED) is 0.795. The Kier molecular flexibility index (Phi) is 3.20. The highest BCUT2D eigenvalue weighted by atomic mass is 35.5. The maximum absolute atomic E-state index is 11.7. The summed E-state index contributed by atoms with van der Waals surface area (Å²) < 4.78 is 0. The maximum Gasteiger partial charge on any atom is 0.257 e. The van der Waals surface area contributed by atoms with Gasteiger partial charge in [-0.2, -0.15) is 0 Å². The Bertz CT molecular complexity index is 609. The van der Waals surface area contributed by atoms with Gasteiger partial charge in [0, 0.05) is 17.8 Å². The molecule has 0 unspecified atom stereocenters. The van der Waals surface area contributed by atoms with E-state index in [-0.39, 0.29) is 16.3 Å². The predicted molar refractivity (Wildman–Crippen MR) is 64.3 cm³/mol. The molecule has 0 aliphatic rings. The second-order valence-corrected chi connectivity index (χ2v) is 3.63. The molecular weight excluding hydrogens is 242 g/mol. The van der Waals surface area contributed by atoms with Crippen LogP contribution in [-0.2, 0) is 0 Å². The number of aromatic amines is 1. The van der Waals surface area contributed by atoms with Crippen LogP contribution in [0, 0.1) is 0 Å². The van der Waals surface area contributed by atoms with Gasteiger partial charge >= 0.3 is 0 Å². The average Bonchev–Trinajstić information content (AvgIpc) is 2.29. The molecule has 0 radical (unpaired) electrons. The fourth-order valence-corrected chi connectivity index (χ4v) is 1.42. The van der Waals surface area contributed by atoms with E-state index in [2.05, 4.69) is 15.3 Å². The summed E-state index contributed by atoms with van der Waals surface area (Å²) in [6.07, 6.45) is 1.41. The molecule has 2 aromatic heterocycles. The van der Waals surface area contributed by atoms with Gasteiger partial charge in [0.15, 0.2) is 0 Å². The molecule has 0 atom stereocenters. The number of halogens is 1. The SMILES string of the molecule is O=C(Nc1cccc(Cl)n1)c1cc[nH]c(=O)c1. The molecule has 5 nitrogen and oxygen atoms in total. The number of nitrogens with zero attached hydrogens (tertiary/aromatic N) is 1. The van der Waals surface area contributed by atoms with Crippen molar-refractivity contribution in [1.82, 2.24) is 9.97 Å². The minimum atomic E-state index is -0.411. The Morgan fingerprint density at radius 2 is 2.18 bits per heavy atom. The fraction of sp³-hybridized carbons (Fsp3) is 0. The number of carbonyl (C=O) groups excluding carboxylic acids is 1. The van der Waals surface area contributed by atoms with Gasteiger partial charge in [-0.15, -0.1) is 0 Å². The molecule has 0 fully saturated rings. The highest BCUT2D eigenvalue weighted by Crippen LogP contribution is 2.10. The largest absolute Gasteiger partial charge is 0.329 e. The Morgan fingerprint density at radius 3 is 2.88 bits per heavy atom. The summed E-state index contributed by atoms with van der Waals surface area (Å²) in [5, 5.41) is 2.82. The van der Waals surface area contributed by atoms with Crippen LogP contribution in [0.3, 0.4) is 0 Å². The molecule has 0 spiro atoms. The van der Waals surface area contributed by atoms with Gasteiger partial charge in [-0.05, 0) is 18.2 Å². The van der Waals surface area contributed by atoms with Crippen LogP contribution in [-0.4, -0.2) is 15.9 Å². The van der Waals surface area contributed by atoms with E-state index in [4.69, 9.17) is 11.6 Å². The molecule has 2 aromatic rings. The number of H-pyrrole nitrogens is 1. The molecule has 0 aromatic carbocycles. The van der Waals surface area contributed by atoms with Crippen molar-refractivity contribution in [2.45, 2.75) is 0 Å². The molecular formula is C11H8ClN3O2. The summed E-state index contributed by atoms with van der Waals surface area (Å²) in [6.45, 7) is 0. The van der Waals surface area contributed by atoms with E-state index in [9.17, 15) is 9.59 Å². The van der Waals surface area contributed by atoms with Crippen LogP contribution >= 0.6 is 11.6 Å². The first kappa shape index (κ1) is 11.3. The zero-order valence-electron chi connectivity index (χ0n) is 8.61. The van der Waals surface area contributed by atoms with E-state index in [1.54, 1.807) is 18.2 Å². The van der Waals surface area contributed by atoms with Crippen molar-refractivity contribution in [3.8, 4) is 0 Å². The topological polar surface area (TPSA) is 74.8 Å². The van der Waals surface area contributed by atoms with Crippen molar-refractivity contribution in [3.63, 3.8) is 0 Å². The Hall–Kier alpha value is -2.14. The lowest BCUT2D eigenvalue weighted by Crippen LogP contribution is -2.16. The van der Waals surface area contributed by atoms with Gasteiger partial charge in [0.2, 0.25) is 5.56 Å². The van der Waals surface area contributed by atoms with E-state index in [1.165, 1.54) is 18.3 Å². The van der Waals surface area contributed by atoms with Crippen LogP contribution in [0.5, 0.6) is 0 Å². The minimum Gasteiger partial charge on any atom is -0.329 e. The lowest BCUT2D eigenvalue weighted by molar-refractivity contribution is 0.102. The molecule has 2 heterocycles. The summed E-state index contributed by atoms with van der Waals surface area (Å²) >= 11 is 5.68. The van der Waals surface area contributed by atoms with Crippen molar-refractivity contribution < 1.29 is 4.79 Å². The van der Waals surface area contributed by atoms with E-state index in [0.717, 1.165) is 0 Å². The predicted octanol–water partition coefficient (Wildman–Crippen LogP) is 1.68.